The first-order valence-electron chi connectivity index (χ1n) is 5.59. The molecular formula is C13H16N2O2. The summed E-state index contributed by atoms with van der Waals surface area (Å²) in [5, 5.41) is 21.2. The van der Waals surface area contributed by atoms with E-state index in [4.69, 9.17) is 5.26 Å². The highest BCUT2D eigenvalue weighted by atomic mass is 16.3. The molecule has 0 saturated heterocycles. The molecule has 1 atom stereocenters. The van der Waals surface area contributed by atoms with E-state index in [0.717, 1.165) is 6.42 Å². The molecule has 4 heteroatoms. The van der Waals surface area contributed by atoms with E-state index in [2.05, 4.69) is 5.32 Å². The van der Waals surface area contributed by atoms with Crippen LogP contribution in [0.3, 0.4) is 0 Å². The highest BCUT2D eigenvalue weighted by molar-refractivity contribution is 5.97. The number of benzene rings is 1. The summed E-state index contributed by atoms with van der Waals surface area (Å²) >= 11 is 0. The van der Waals surface area contributed by atoms with Crippen LogP contribution in [0.2, 0.25) is 0 Å². The Balaban J connectivity index is 2.83. The molecule has 0 radical (unpaired) electrons. The summed E-state index contributed by atoms with van der Waals surface area (Å²) in [7, 11) is 0. The molecule has 1 aromatic rings. The SMILES string of the molecule is CCCC(C#N)NC(=O)c1cccc(C)c1O. The molecule has 0 bridgehead atoms. The lowest BCUT2D eigenvalue weighted by Gasteiger charge is -2.12. The van der Waals surface area contributed by atoms with Crippen molar-refractivity contribution in [1.82, 2.24) is 5.32 Å². The molecule has 2 N–H and O–H groups in total. The molecular weight excluding hydrogens is 216 g/mol. The average Bonchev–Trinajstić information content (AvgIpc) is 2.31. The van der Waals surface area contributed by atoms with Gasteiger partial charge in [-0.15, -0.1) is 0 Å². The number of nitrogens with zero attached hydrogens (tertiary/aromatic N) is 1. The summed E-state index contributed by atoms with van der Waals surface area (Å²) in [5.41, 5.74) is 0.850. The standard InChI is InChI=1S/C13H16N2O2/c1-3-5-10(8-14)15-13(17)11-7-4-6-9(2)12(11)16/h4,6-7,10,16H,3,5H2,1-2H3,(H,15,17). The maximum absolute atomic E-state index is 11.8. The van der Waals surface area contributed by atoms with Gasteiger partial charge >= 0.3 is 0 Å². The van der Waals surface area contributed by atoms with Crippen LogP contribution in [0.1, 0.15) is 35.7 Å². The number of para-hydroxylation sites is 1. The fourth-order valence-electron chi connectivity index (χ4n) is 1.54. The first-order valence-corrected chi connectivity index (χ1v) is 5.59. The Morgan fingerprint density at radius 2 is 2.29 bits per heavy atom. The molecule has 1 amide bonds. The van der Waals surface area contributed by atoms with E-state index in [1.807, 2.05) is 13.0 Å². The van der Waals surface area contributed by atoms with Crippen molar-refractivity contribution in [1.29, 1.82) is 5.26 Å². The number of rotatable bonds is 4. The number of carbonyl (C=O) groups is 1. The number of hydrogen-bond acceptors (Lipinski definition) is 3. The van der Waals surface area contributed by atoms with E-state index in [1.54, 1.807) is 19.1 Å². The van der Waals surface area contributed by atoms with Crippen molar-refractivity contribution in [2.24, 2.45) is 0 Å². The van der Waals surface area contributed by atoms with Gasteiger partial charge in [-0.25, -0.2) is 0 Å². The van der Waals surface area contributed by atoms with Crippen molar-refractivity contribution in [2.45, 2.75) is 32.7 Å². The Hall–Kier alpha value is -2.02. The number of amides is 1. The third kappa shape index (κ3) is 3.22. The number of nitriles is 1. The van der Waals surface area contributed by atoms with Crippen LogP contribution in [0.25, 0.3) is 0 Å². The monoisotopic (exact) mass is 232 g/mol. The van der Waals surface area contributed by atoms with Gasteiger partial charge in [0, 0.05) is 0 Å². The minimum absolute atomic E-state index is 0.0295. The van der Waals surface area contributed by atoms with Gasteiger partial charge in [0.05, 0.1) is 11.6 Å². The summed E-state index contributed by atoms with van der Waals surface area (Å²) in [4.78, 5) is 11.8. The van der Waals surface area contributed by atoms with Gasteiger partial charge in [0.2, 0.25) is 0 Å². The van der Waals surface area contributed by atoms with Crippen molar-refractivity contribution in [3.8, 4) is 11.8 Å². The molecule has 90 valence electrons. The normalized spacial score (nSPS) is 11.6. The van der Waals surface area contributed by atoms with Crippen molar-refractivity contribution in [3.63, 3.8) is 0 Å². The van der Waals surface area contributed by atoms with Crippen LogP contribution in [0.5, 0.6) is 5.75 Å². The van der Waals surface area contributed by atoms with Gasteiger partial charge in [0.15, 0.2) is 0 Å². The van der Waals surface area contributed by atoms with Crippen molar-refractivity contribution >= 4 is 5.91 Å². The summed E-state index contributed by atoms with van der Waals surface area (Å²) < 4.78 is 0. The Morgan fingerprint density at radius 3 is 2.88 bits per heavy atom. The van der Waals surface area contributed by atoms with E-state index >= 15 is 0 Å². The van der Waals surface area contributed by atoms with Crippen molar-refractivity contribution < 1.29 is 9.90 Å². The summed E-state index contributed by atoms with van der Waals surface area (Å²) in [6, 6.07) is 6.48. The molecule has 17 heavy (non-hydrogen) atoms. The van der Waals surface area contributed by atoms with Gasteiger partial charge in [-0.2, -0.15) is 5.26 Å². The Bertz CT molecular complexity index is 449. The summed E-state index contributed by atoms with van der Waals surface area (Å²) in [6.45, 7) is 3.67. The minimum atomic E-state index is -0.507. The average molecular weight is 232 g/mol. The predicted octanol–water partition coefficient (Wildman–Crippen LogP) is 2.12. The second-order valence-electron chi connectivity index (χ2n) is 3.91. The number of aromatic hydroxyl groups is 1. The molecule has 0 aliphatic carbocycles. The summed E-state index contributed by atoms with van der Waals surface area (Å²) in [5.74, 6) is -0.440. The molecule has 1 aromatic carbocycles. The van der Waals surface area contributed by atoms with Crippen LogP contribution in [-0.4, -0.2) is 17.1 Å². The molecule has 1 unspecified atom stereocenters. The zero-order valence-electron chi connectivity index (χ0n) is 10.0. The highest BCUT2D eigenvalue weighted by Crippen LogP contribution is 2.21. The van der Waals surface area contributed by atoms with Gasteiger partial charge in [0.25, 0.3) is 5.91 Å². The van der Waals surface area contributed by atoms with Gasteiger partial charge in [0.1, 0.15) is 11.8 Å². The lowest BCUT2D eigenvalue weighted by Crippen LogP contribution is -2.33. The van der Waals surface area contributed by atoms with Crippen LogP contribution in [0, 0.1) is 18.3 Å². The van der Waals surface area contributed by atoms with Crippen molar-refractivity contribution in [2.75, 3.05) is 0 Å². The molecule has 4 nitrogen and oxygen atoms in total. The van der Waals surface area contributed by atoms with Crippen LogP contribution in [0.15, 0.2) is 18.2 Å². The molecule has 0 aliphatic rings. The van der Waals surface area contributed by atoms with E-state index in [-0.39, 0.29) is 11.3 Å². The van der Waals surface area contributed by atoms with E-state index in [9.17, 15) is 9.90 Å². The lowest BCUT2D eigenvalue weighted by atomic mass is 10.1. The van der Waals surface area contributed by atoms with Gasteiger partial charge < -0.3 is 10.4 Å². The second kappa shape index (κ2) is 5.90. The quantitative estimate of drug-likeness (QED) is 0.835. The smallest absolute Gasteiger partial charge is 0.256 e. The third-order valence-corrected chi connectivity index (χ3v) is 2.52. The number of phenols is 1. The highest BCUT2D eigenvalue weighted by Gasteiger charge is 2.16. The first-order chi connectivity index (χ1) is 8.10. The van der Waals surface area contributed by atoms with Crippen LogP contribution >= 0.6 is 0 Å². The molecule has 0 saturated carbocycles. The molecule has 1 rings (SSSR count). The number of hydrogen-bond donors (Lipinski definition) is 2. The summed E-state index contributed by atoms with van der Waals surface area (Å²) in [6.07, 6.45) is 1.42. The molecule has 0 aliphatic heterocycles. The first kappa shape index (κ1) is 13.0. The minimum Gasteiger partial charge on any atom is -0.507 e. The number of phenolic OH excluding ortho intramolecular Hbond substituents is 1. The molecule has 0 fully saturated rings. The molecule has 0 spiro atoms. The number of nitrogens with one attached hydrogen (secondary N) is 1. The Kier molecular flexibility index (Phi) is 4.53. The largest absolute Gasteiger partial charge is 0.507 e. The zero-order chi connectivity index (χ0) is 12.8. The molecule has 0 heterocycles. The fourth-order valence-corrected chi connectivity index (χ4v) is 1.54. The van der Waals surface area contributed by atoms with Crippen LogP contribution in [-0.2, 0) is 0 Å². The fraction of sp³-hybridized carbons (Fsp3) is 0.385. The predicted molar refractivity (Wildman–Crippen MR) is 64.6 cm³/mol. The molecule has 0 aromatic heterocycles. The van der Waals surface area contributed by atoms with E-state index in [1.165, 1.54) is 6.07 Å². The second-order valence-corrected chi connectivity index (χ2v) is 3.91. The third-order valence-electron chi connectivity index (χ3n) is 2.52. The Morgan fingerprint density at radius 1 is 1.59 bits per heavy atom. The number of aryl methyl sites for hydroxylation is 1. The maximum atomic E-state index is 11.8. The lowest BCUT2D eigenvalue weighted by molar-refractivity contribution is 0.0941. The van der Waals surface area contributed by atoms with E-state index in [0.29, 0.717) is 12.0 Å². The van der Waals surface area contributed by atoms with Crippen LogP contribution in [0.4, 0.5) is 0 Å². The number of carbonyl (C=O) groups excluding carboxylic acids is 1. The van der Waals surface area contributed by atoms with Gasteiger partial charge in [-0.1, -0.05) is 25.5 Å². The van der Waals surface area contributed by atoms with Crippen molar-refractivity contribution in [3.05, 3.63) is 29.3 Å². The van der Waals surface area contributed by atoms with E-state index < -0.39 is 11.9 Å². The zero-order valence-corrected chi connectivity index (χ0v) is 10.0. The van der Waals surface area contributed by atoms with Gasteiger partial charge in [-0.3, -0.25) is 4.79 Å². The topological polar surface area (TPSA) is 73.1 Å². The van der Waals surface area contributed by atoms with Crippen LogP contribution < -0.4 is 5.32 Å². The Labute approximate surface area is 101 Å². The van der Waals surface area contributed by atoms with Gasteiger partial charge in [-0.05, 0) is 25.0 Å². The maximum Gasteiger partial charge on any atom is 0.256 e.